The van der Waals surface area contributed by atoms with E-state index in [2.05, 4.69) is 52.9 Å². The number of nitrogens with one attached hydrogen (secondary N) is 1. The zero-order valence-corrected chi connectivity index (χ0v) is 12.2. The summed E-state index contributed by atoms with van der Waals surface area (Å²) in [6.07, 6.45) is 1.04. The molecular formula is C13H18BrNS. The van der Waals surface area contributed by atoms with Crippen LogP contribution in [0.2, 0.25) is 0 Å². The summed E-state index contributed by atoms with van der Waals surface area (Å²) in [6.45, 7) is 6.03. The van der Waals surface area contributed by atoms with Gasteiger partial charge >= 0.3 is 0 Å². The quantitative estimate of drug-likeness (QED) is 0.627. The van der Waals surface area contributed by atoms with E-state index in [-0.39, 0.29) is 0 Å². The molecule has 0 spiro atoms. The van der Waals surface area contributed by atoms with Gasteiger partial charge < -0.3 is 5.32 Å². The Morgan fingerprint density at radius 1 is 1.50 bits per heavy atom. The third kappa shape index (κ3) is 4.73. The van der Waals surface area contributed by atoms with Crippen molar-refractivity contribution in [2.24, 2.45) is 0 Å². The number of hydrogen-bond acceptors (Lipinski definition) is 2. The fourth-order valence-electron chi connectivity index (χ4n) is 1.42. The van der Waals surface area contributed by atoms with Crippen molar-refractivity contribution in [3.8, 4) is 0 Å². The van der Waals surface area contributed by atoms with Crippen molar-refractivity contribution in [1.29, 1.82) is 0 Å². The van der Waals surface area contributed by atoms with Crippen LogP contribution >= 0.6 is 27.7 Å². The molecule has 1 N–H and O–H groups in total. The molecule has 0 aliphatic carbocycles. The predicted molar refractivity (Wildman–Crippen MR) is 77.1 cm³/mol. The van der Waals surface area contributed by atoms with E-state index in [1.165, 1.54) is 14.9 Å². The Balaban J connectivity index is 2.49. The second-order valence-corrected chi connectivity index (χ2v) is 5.80. The minimum atomic E-state index is 0.495. The van der Waals surface area contributed by atoms with Crippen LogP contribution in [0.25, 0.3) is 0 Å². The lowest BCUT2D eigenvalue weighted by molar-refractivity contribution is 0.615. The summed E-state index contributed by atoms with van der Waals surface area (Å²) < 4.78 is 1.17. The van der Waals surface area contributed by atoms with Crippen LogP contribution in [-0.4, -0.2) is 18.8 Å². The largest absolute Gasteiger partial charge is 0.316 e. The Bertz CT molecular complexity index is 352. The second-order valence-electron chi connectivity index (χ2n) is 3.89. The third-order valence-corrected chi connectivity index (χ3v) is 4.47. The van der Waals surface area contributed by atoms with Gasteiger partial charge in [-0.1, -0.05) is 17.7 Å². The fourth-order valence-corrected chi connectivity index (χ4v) is 3.09. The van der Waals surface area contributed by atoms with Gasteiger partial charge in [0.05, 0.1) is 0 Å². The zero-order chi connectivity index (χ0) is 12.0. The number of rotatable bonds is 6. The molecule has 1 aromatic rings. The van der Waals surface area contributed by atoms with Crippen LogP contribution in [0.5, 0.6) is 0 Å². The fraction of sp³-hybridized carbons (Fsp3) is 0.385. The van der Waals surface area contributed by atoms with E-state index >= 15 is 0 Å². The Kier molecular flexibility index (Phi) is 6.17. The van der Waals surface area contributed by atoms with Crippen LogP contribution in [0.1, 0.15) is 13.3 Å². The highest BCUT2D eigenvalue weighted by atomic mass is 79.9. The van der Waals surface area contributed by atoms with E-state index < -0.39 is 0 Å². The Morgan fingerprint density at radius 3 is 2.75 bits per heavy atom. The van der Waals surface area contributed by atoms with Gasteiger partial charge in [-0.2, -0.15) is 0 Å². The molecule has 0 aromatic heterocycles. The minimum Gasteiger partial charge on any atom is -0.316 e. The van der Waals surface area contributed by atoms with Crippen molar-refractivity contribution in [3.05, 3.63) is 40.9 Å². The van der Waals surface area contributed by atoms with Crippen LogP contribution in [0.3, 0.4) is 0 Å². The van der Waals surface area contributed by atoms with Crippen molar-refractivity contribution >= 4 is 27.7 Å². The number of benzene rings is 1. The van der Waals surface area contributed by atoms with Crippen LogP contribution in [0, 0.1) is 0 Å². The normalized spacial score (nSPS) is 12.4. The van der Waals surface area contributed by atoms with Crippen LogP contribution in [0.15, 0.2) is 45.8 Å². The number of halogens is 1. The lowest BCUT2D eigenvalue weighted by atomic mass is 10.1. The summed E-state index contributed by atoms with van der Waals surface area (Å²) in [5.41, 5.74) is 1.23. The van der Waals surface area contributed by atoms with Gasteiger partial charge in [0, 0.05) is 21.2 Å². The lowest BCUT2D eigenvalue weighted by Gasteiger charge is -2.16. The van der Waals surface area contributed by atoms with Gasteiger partial charge in [0.1, 0.15) is 0 Å². The van der Waals surface area contributed by atoms with Crippen molar-refractivity contribution < 1.29 is 0 Å². The van der Waals surface area contributed by atoms with E-state index in [1.54, 1.807) is 0 Å². The third-order valence-electron chi connectivity index (χ3n) is 2.28. The molecule has 0 bridgehead atoms. The first kappa shape index (κ1) is 13.8. The molecule has 0 amide bonds. The number of thioether (sulfide) groups is 1. The van der Waals surface area contributed by atoms with Gasteiger partial charge in [-0.3, -0.25) is 0 Å². The molecule has 0 saturated heterocycles. The van der Waals surface area contributed by atoms with Crippen LogP contribution in [0.4, 0.5) is 0 Å². The average Bonchev–Trinajstić information content (AvgIpc) is 2.25. The summed E-state index contributed by atoms with van der Waals surface area (Å²) in [5, 5.41) is 3.33. The smallest absolute Gasteiger partial charge is 0.0311 e. The molecule has 0 radical (unpaired) electrons. The van der Waals surface area contributed by atoms with Crippen molar-refractivity contribution in [2.75, 3.05) is 12.8 Å². The molecule has 1 nitrogen and oxygen atoms in total. The molecule has 1 atom stereocenters. The molecule has 0 saturated carbocycles. The standard InChI is InChI=1S/C13H18BrNS/c1-10(2)8-11(15-3)9-16-13-7-5-4-6-12(13)14/h4-7,11,15H,1,8-9H2,2-3H3. The summed E-state index contributed by atoms with van der Waals surface area (Å²) >= 11 is 5.43. The Labute approximate surface area is 111 Å². The van der Waals surface area contributed by atoms with E-state index in [9.17, 15) is 0 Å². The highest BCUT2D eigenvalue weighted by molar-refractivity contribution is 9.10. The van der Waals surface area contributed by atoms with Crippen molar-refractivity contribution in [2.45, 2.75) is 24.3 Å². The topological polar surface area (TPSA) is 12.0 Å². The Hall–Kier alpha value is -0.250. The SMILES string of the molecule is C=C(C)CC(CSc1ccccc1Br)NC. The first-order valence-electron chi connectivity index (χ1n) is 5.32. The first-order valence-corrected chi connectivity index (χ1v) is 7.10. The molecular weight excluding hydrogens is 282 g/mol. The predicted octanol–water partition coefficient (Wildman–Crippen LogP) is 4.10. The molecule has 88 valence electrons. The maximum atomic E-state index is 3.96. The first-order chi connectivity index (χ1) is 7.63. The van der Waals surface area contributed by atoms with Gasteiger partial charge in [0.15, 0.2) is 0 Å². The average molecular weight is 300 g/mol. The maximum absolute atomic E-state index is 3.96. The molecule has 1 rings (SSSR count). The second kappa shape index (κ2) is 7.15. The van der Waals surface area contributed by atoms with Crippen molar-refractivity contribution in [1.82, 2.24) is 5.32 Å². The molecule has 0 aliphatic heterocycles. The molecule has 16 heavy (non-hydrogen) atoms. The highest BCUT2D eigenvalue weighted by Crippen LogP contribution is 2.27. The van der Waals surface area contributed by atoms with E-state index in [0.717, 1.165) is 12.2 Å². The van der Waals surface area contributed by atoms with Gasteiger partial charge in [0.25, 0.3) is 0 Å². The van der Waals surface area contributed by atoms with Crippen molar-refractivity contribution in [3.63, 3.8) is 0 Å². The van der Waals surface area contributed by atoms with Crippen LogP contribution < -0.4 is 5.32 Å². The summed E-state index contributed by atoms with van der Waals surface area (Å²) in [7, 11) is 2.01. The zero-order valence-electron chi connectivity index (χ0n) is 9.79. The van der Waals surface area contributed by atoms with Gasteiger partial charge in [-0.05, 0) is 48.5 Å². The van der Waals surface area contributed by atoms with E-state index in [1.807, 2.05) is 24.9 Å². The molecule has 1 aromatic carbocycles. The highest BCUT2D eigenvalue weighted by Gasteiger charge is 2.08. The molecule has 1 unspecified atom stereocenters. The van der Waals surface area contributed by atoms with Gasteiger partial charge in [-0.15, -0.1) is 18.3 Å². The molecule has 0 heterocycles. The van der Waals surface area contributed by atoms with Gasteiger partial charge in [0.2, 0.25) is 0 Å². The maximum Gasteiger partial charge on any atom is 0.0311 e. The van der Waals surface area contributed by atoms with E-state index in [0.29, 0.717) is 6.04 Å². The summed E-state index contributed by atoms with van der Waals surface area (Å²) in [5.74, 6) is 1.06. The Morgan fingerprint density at radius 2 is 2.19 bits per heavy atom. The lowest BCUT2D eigenvalue weighted by Crippen LogP contribution is -2.27. The summed E-state index contributed by atoms with van der Waals surface area (Å²) in [6, 6.07) is 8.82. The molecule has 3 heteroatoms. The molecule has 0 fully saturated rings. The van der Waals surface area contributed by atoms with Gasteiger partial charge in [-0.25, -0.2) is 0 Å². The van der Waals surface area contributed by atoms with E-state index in [4.69, 9.17) is 0 Å². The molecule has 0 aliphatic rings. The summed E-state index contributed by atoms with van der Waals surface area (Å²) in [4.78, 5) is 1.30. The monoisotopic (exact) mass is 299 g/mol. The minimum absolute atomic E-state index is 0.495. The number of hydrogen-bond donors (Lipinski definition) is 1. The van der Waals surface area contributed by atoms with Crippen LogP contribution in [-0.2, 0) is 0 Å².